The number of ether oxygens (including phenoxy) is 1. The Labute approximate surface area is 96.6 Å². The molecule has 16 heavy (non-hydrogen) atoms. The fourth-order valence-electron chi connectivity index (χ4n) is 1.61. The molecule has 0 aromatic carbocycles. The van der Waals surface area contributed by atoms with Crippen LogP contribution in [-0.2, 0) is 9.53 Å². The predicted molar refractivity (Wildman–Crippen MR) is 61.2 cm³/mol. The maximum absolute atomic E-state index is 11.5. The number of carbonyl (C=O) groups is 1. The maximum Gasteiger partial charge on any atom is 0.246 e. The van der Waals surface area contributed by atoms with Gasteiger partial charge < -0.3 is 20.5 Å². The van der Waals surface area contributed by atoms with E-state index >= 15 is 0 Å². The molecule has 1 atom stereocenters. The molecule has 1 amide bonds. The molecule has 1 fully saturated rings. The van der Waals surface area contributed by atoms with Crippen LogP contribution in [0.25, 0.3) is 0 Å². The van der Waals surface area contributed by atoms with E-state index in [0.29, 0.717) is 6.42 Å². The summed E-state index contributed by atoms with van der Waals surface area (Å²) in [4.78, 5) is 11.5. The van der Waals surface area contributed by atoms with Gasteiger partial charge in [-0.15, -0.1) is 0 Å². The van der Waals surface area contributed by atoms with Gasteiger partial charge in [0.05, 0.1) is 5.60 Å². The third-order valence-electron chi connectivity index (χ3n) is 2.75. The van der Waals surface area contributed by atoms with Gasteiger partial charge in [0, 0.05) is 25.7 Å². The molecule has 0 bridgehead atoms. The van der Waals surface area contributed by atoms with Gasteiger partial charge in [0.2, 0.25) is 5.91 Å². The Morgan fingerprint density at radius 3 is 2.81 bits per heavy atom. The summed E-state index contributed by atoms with van der Waals surface area (Å²) in [7, 11) is 0. The van der Waals surface area contributed by atoms with Crippen molar-refractivity contribution in [2.24, 2.45) is 0 Å². The minimum atomic E-state index is -0.175. The molecule has 0 aliphatic carbocycles. The largest absolute Gasteiger partial charge is 0.396 e. The van der Waals surface area contributed by atoms with Crippen molar-refractivity contribution in [1.29, 1.82) is 0 Å². The number of rotatable bonds is 7. The van der Waals surface area contributed by atoms with E-state index in [2.05, 4.69) is 10.6 Å². The summed E-state index contributed by atoms with van der Waals surface area (Å²) in [5.41, 5.74) is -0.175. The van der Waals surface area contributed by atoms with Crippen LogP contribution in [0.4, 0.5) is 0 Å². The van der Waals surface area contributed by atoms with E-state index in [4.69, 9.17) is 9.84 Å². The van der Waals surface area contributed by atoms with Crippen LogP contribution in [0, 0.1) is 0 Å². The van der Waals surface area contributed by atoms with Crippen LogP contribution in [0.3, 0.4) is 0 Å². The van der Waals surface area contributed by atoms with E-state index < -0.39 is 0 Å². The van der Waals surface area contributed by atoms with Crippen molar-refractivity contribution in [1.82, 2.24) is 10.6 Å². The first-order chi connectivity index (χ1) is 7.56. The van der Waals surface area contributed by atoms with E-state index in [9.17, 15) is 4.79 Å². The summed E-state index contributed by atoms with van der Waals surface area (Å²) >= 11 is 0. The van der Waals surface area contributed by atoms with Crippen molar-refractivity contribution in [3.05, 3.63) is 0 Å². The van der Waals surface area contributed by atoms with Crippen LogP contribution in [0.5, 0.6) is 0 Å². The van der Waals surface area contributed by atoms with Gasteiger partial charge in [-0.3, -0.25) is 4.79 Å². The Hall–Kier alpha value is -0.650. The van der Waals surface area contributed by atoms with Crippen LogP contribution in [-0.4, -0.2) is 49.0 Å². The molecule has 5 nitrogen and oxygen atoms in total. The van der Waals surface area contributed by atoms with Crippen LogP contribution < -0.4 is 10.6 Å². The molecule has 0 aromatic rings. The second-order valence-electron chi connectivity index (χ2n) is 4.68. The lowest BCUT2D eigenvalue weighted by molar-refractivity contribution is -0.136. The van der Waals surface area contributed by atoms with Crippen molar-refractivity contribution < 1.29 is 14.6 Å². The minimum Gasteiger partial charge on any atom is -0.396 e. The number of aliphatic hydroxyl groups is 1. The smallest absolute Gasteiger partial charge is 0.246 e. The third-order valence-corrected chi connectivity index (χ3v) is 2.75. The van der Waals surface area contributed by atoms with Gasteiger partial charge in [-0.2, -0.15) is 0 Å². The molecule has 1 aliphatic heterocycles. The fraction of sp³-hybridized carbons (Fsp3) is 0.909. The van der Waals surface area contributed by atoms with Crippen molar-refractivity contribution in [3.8, 4) is 0 Å². The normalized spacial score (nSPS) is 19.9. The summed E-state index contributed by atoms with van der Waals surface area (Å²) in [5, 5.41) is 14.6. The Morgan fingerprint density at radius 1 is 1.62 bits per heavy atom. The second-order valence-corrected chi connectivity index (χ2v) is 4.68. The zero-order valence-electron chi connectivity index (χ0n) is 10.1. The number of carbonyl (C=O) groups excluding carboxylic acids is 1. The SMILES string of the molecule is CC(CCCO)NC(=O)COC1(C)CNC1. The first-order valence-corrected chi connectivity index (χ1v) is 5.81. The number of amides is 1. The lowest BCUT2D eigenvalue weighted by atomic mass is 10.0. The Kier molecular flexibility index (Phi) is 5.18. The summed E-state index contributed by atoms with van der Waals surface area (Å²) in [6.45, 7) is 5.81. The standard InChI is InChI=1S/C11H22N2O3/c1-9(4-3-5-14)13-10(15)6-16-11(2)7-12-8-11/h9,12,14H,3-8H2,1-2H3,(H,13,15). The van der Waals surface area contributed by atoms with E-state index in [-0.39, 0.29) is 30.8 Å². The molecule has 94 valence electrons. The molecule has 1 aliphatic rings. The molecule has 0 aromatic heterocycles. The van der Waals surface area contributed by atoms with E-state index in [1.54, 1.807) is 0 Å². The molecule has 1 heterocycles. The van der Waals surface area contributed by atoms with Crippen molar-refractivity contribution >= 4 is 5.91 Å². The average molecular weight is 230 g/mol. The Balaban J connectivity index is 2.10. The highest BCUT2D eigenvalue weighted by Crippen LogP contribution is 2.14. The van der Waals surface area contributed by atoms with Crippen LogP contribution >= 0.6 is 0 Å². The quantitative estimate of drug-likeness (QED) is 0.559. The highest BCUT2D eigenvalue weighted by atomic mass is 16.5. The van der Waals surface area contributed by atoms with Crippen molar-refractivity contribution in [3.63, 3.8) is 0 Å². The summed E-state index contributed by atoms with van der Waals surface area (Å²) < 4.78 is 5.51. The molecule has 1 unspecified atom stereocenters. The van der Waals surface area contributed by atoms with E-state index in [1.165, 1.54) is 0 Å². The van der Waals surface area contributed by atoms with Crippen LogP contribution in [0.15, 0.2) is 0 Å². The number of hydrogen-bond donors (Lipinski definition) is 3. The molecule has 1 saturated heterocycles. The summed E-state index contributed by atoms with van der Waals surface area (Å²) in [6.07, 6.45) is 1.50. The molecule has 0 spiro atoms. The molecule has 0 radical (unpaired) electrons. The van der Waals surface area contributed by atoms with E-state index in [0.717, 1.165) is 19.5 Å². The summed E-state index contributed by atoms with van der Waals surface area (Å²) in [5.74, 6) is -0.0847. The average Bonchev–Trinajstić information content (AvgIpc) is 2.21. The molecule has 0 saturated carbocycles. The van der Waals surface area contributed by atoms with Gasteiger partial charge in [-0.1, -0.05) is 0 Å². The Morgan fingerprint density at radius 2 is 2.31 bits per heavy atom. The van der Waals surface area contributed by atoms with Gasteiger partial charge >= 0.3 is 0 Å². The van der Waals surface area contributed by atoms with Crippen molar-refractivity contribution in [2.75, 3.05) is 26.3 Å². The minimum absolute atomic E-state index is 0.0847. The molecule has 3 N–H and O–H groups in total. The van der Waals surface area contributed by atoms with Gasteiger partial charge in [-0.25, -0.2) is 0 Å². The van der Waals surface area contributed by atoms with E-state index in [1.807, 2.05) is 13.8 Å². The van der Waals surface area contributed by atoms with Crippen LogP contribution in [0.2, 0.25) is 0 Å². The van der Waals surface area contributed by atoms with Gasteiger partial charge in [0.15, 0.2) is 0 Å². The van der Waals surface area contributed by atoms with Crippen molar-refractivity contribution in [2.45, 2.75) is 38.3 Å². The first-order valence-electron chi connectivity index (χ1n) is 5.81. The molecular weight excluding hydrogens is 208 g/mol. The maximum atomic E-state index is 11.5. The van der Waals surface area contributed by atoms with Gasteiger partial charge in [0.25, 0.3) is 0 Å². The number of hydrogen-bond acceptors (Lipinski definition) is 4. The monoisotopic (exact) mass is 230 g/mol. The lowest BCUT2D eigenvalue weighted by Crippen LogP contribution is -2.59. The zero-order chi connectivity index (χ0) is 12.0. The van der Waals surface area contributed by atoms with Gasteiger partial charge in [-0.05, 0) is 26.7 Å². The molecule has 1 rings (SSSR count). The van der Waals surface area contributed by atoms with Crippen LogP contribution in [0.1, 0.15) is 26.7 Å². The highest BCUT2D eigenvalue weighted by molar-refractivity contribution is 5.77. The summed E-state index contributed by atoms with van der Waals surface area (Å²) in [6, 6.07) is 0.0931. The second kappa shape index (κ2) is 6.18. The molecular formula is C11H22N2O3. The first kappa shape index (κ1) is 13.4. The Bertz CT molecular complexity index is 229. The lowest BCUT2D eigenvalue weighted by Gasteiger charge is -2.38. The zero-order valence-corrected chi connectivity index (χ0v) is 10.1. The molecule has 5 heteroatoms. The predicted octanol–water partition coefficient (Wildman–Crippen LogP) is -0.358. The fourth-order valence-corrected chi connectivity index (χ4v) is 1.61. The topological polar surface area (TPSA) is 70.6 Å². The number of aliphatic hydroxyl groups excluding tert-OH is 1. The number of nitrogens with one attached hydrogen (secondary N) is 2. The third kappa shape index (κ3) is 4.47. The van der Waals surface area contributed by atoms with Gasteiger partial charge in [0.1, 0.15) is 6.61 Å². The highest BCUT2D eigenvalue weighted by Gasteiger charge is 2.33.